The van der Waals surface area contributed by atoms with Crippen LogP contribution in [0.15, 0.2) is 0 Å². The minimum absolute atomic E-state index is 0.274. The first-order chi connectivity index (χ1) is 8.77. The highest BCUT2D eigenvalue weighted by atomic mass is 16.5. The van der Waals surface area contributed by atoms with Crippen LogP contribution >= 0.6 is 0 Å². The molecule has 0 aromatic rings. The number of hydrogen-bond acceptors (Lipinski definition) is 5. The number of likely N-dealkylation sites (N-methyl/N-ethyl adjacent to an activating group) is 1. The maximum Gasteiger partial charge on any atom is 0.325 e. The van der Waals surface area contributed by atoms with Gasteiger partial charge in [0.1, 0.15) is 5.54 Å². The Kier molecular flexibility index (Phi) is 5.77. The molecule has 0 amide bonds. The smallest absolute Gasteiger partial charge is 0.325 e. The highest BCUT2D eigenvalue weighted by Crippen LogP contribution is 2.19. The molecule has 1 aliphatic heterocycles. The zero-order valence-electron chi connectivity index (χ0n) is 13.0. The summed E-state index contributed by atoms with van der Waals surface area (Å²) in [7, 11) is 3.55. The van der Waals surface area contributed by atoms with Crippen LogP contribution in [0.5, 0.6) is 0 Å². The summed E-state index contributed by atoms with van der Waals surface area (Å²) in [5.74, 6) is -0.334. The standard InChI is InChI=1S/C14H29N3O2/c1-11(9-14(3,15)13(18)19-5)17-8-6-7-16(4)10-12(17)2/h11-12H,6-10,15H2,1-5H3. The van der Waals surface area contributed by atoms with Crippen molar-refractivity contribution in [2.75, 3.05) is 33.8 Å². The van der Waals surface area contributed by atoms with Gasteiger partial charge in [0.2, 0.25) is 0 Å². The number of ether oxygens (including phenoxy) is 1. The summed E-state index contributed by atoms with van der Waals surface area (Å²) >= 11 is 0. The normalized spacial score (nSPS) is 27.4. The van der Waals surface area contributed by atoms with Crippen molar-refractivity contribution in [2.24, 2.45) is 5.73 Å². The van der Waals surface area contributed by atoms with Gasteiger partial charge in [0, 0.05) is 18.6 Å². The zero-order valence-corrected chi connectivity index (χ0v) is 13.0. The Labute approximate surface area is 117 Å². The van der Waals surface area contributed by atoms with Crippen molar-refractivity contribution < 1.29 is 9.53 Å². The Morgan fingerprint density at radius 2 is 2.16 bits per heavy atom. The molecule has 1 saturated heterocycles. The van der Waals surface area contributed by atoms with Crippen LogP contribution in [0.25, 0.3) is 0 Å². The van der Waals surface area contributed by atoms with Gasteiger partial charge in [-0.1, -0.05) is 0 Å². The van der Waals surface area contributed by atoms with E-state index < -0.39 is 5.54 Å². The minimum atomic E-state index is -0.911. The molecule has 1 fully saturated rings. The van der Waals surface area contributed by atoms with E-state index in [2.05, 4.69) is 30.7 Å². The monoisotopic (exact) mass is 271 g/mol. The van der Waals surface area contributed by atoms with Gasteiger partial charge >= 0.3 is 5.97 Å². The van der Waals surface area contributed by atoms with Crippen molar-refractivity contribution in [3.05, 3.63) is 0 Å². The molecule has 5 heteroatoms. The first-order valence-corrected chi connectivity index (χ1v) is 7.09. The third kappa shape index (κ3) is 4.44. The van der Waals surface area contributed by atoms with Crippen LogP contribution in [0.3, 0.4) is 0 Å². The van der Waals surface area contributed by atoms with Crippen molar-refractivity contribution in [1.82, 2.24) is 9.80 Å². The van der Waals surface area contributed by atoms with Crippen molar-refractivity contribution >= 4 is 5.97 Å². The third-order valence-electron chi connectivity index (χ3n) is 4.04. The van der Waals surface area contributed by atoms with E-state index in [-0.39, 0.29) is 12.0 Å². The number of rotatable bonds is 4. The van der Waals surface area contributed by atoms with Crippen LogP contribution in [0.2, 0.25) is 0 Å². The lowest BCUT2D eigenvalue weighted by Gasteiger charge is -2.36. The van der Waals surface area contributed by atoms with E-state index in [4.69, 9.17) is 10.5 Å². The Balaban J connectivity index is 2.66. The van der Waals surface area contributed by atoms with E-state index in [0.717, 1.165) is 26.1 Å². The molecule has 3 unspecified atom stereocenters. The number of nitrogens with zero attached hydrogens (tertiary/aromatic N) is 2. The van der Waals surface area contributed by atoms with Gasteiger partial charge in [-0.25, -0.2) is 0 Å². The summed E-state index contributed by atoms with van der Waals surface area (Å²) in [5.41, 5.74) is 5.17. The fourth-order valence-corrected chi connectivity index (χ4v) is 3.09. The molecule has 0 bridgehead atoms. The van der Waals surface area contributed by atoms with Crippen LogP contribution in [-0.2, 0) is 9.53 Å². The number of esters is 1. The predicted molar refractivity (Wildman–Crippen MR) is 77.0 cm³/mol. The highest BCUT2D eigenvalue weighted by Gasteiger charge is 2.34. The summed E-state index contributed by atoms with van der Waals surface area (Å²) < 4.78 is 4.78. The Morgan fingerprint density at radius 1 is 1.53 bits per heavy atom. The second-order valence-electron chi connectivity index (χ2n) is 6.16. The van der Waals surface area contributed by atoms with Crippen LogP contribution in [0.1, 0.15) is 33.6 Å². The molecule has 0 aliphatic carbocycles. The van der Waals surface area contributed by atoms with Gasteiger partial charge in [0.05, 0.1) is 7.11 Å². The quantitative estimate of drug-likeness (QED) is 0.762. The van der Waals surface area contributed by atoms with Gasteiger partial charge in [0.15, 0.2) is 0 Å². The summed E-state index contributed by atoms with van der Waals surface area (Å²) in [6, 6.07) is 0.756. The van der Waals surface area contributed by atoms with E-state index >= 15 is 0 Å². The number of nitrogens with two attached hydrogens (primary N) is 1. The molecule has 0 spiro atoms. The van der Waals surface area contributed by atoms with Gasteiger partial charge in [-0.15, -0.1) is 0 Å². The lowest BCUT2D eigenvalue weighted by Crippen LogP contribution is -2.52. The minimum Gasteiger partial charge on any atom is -0.468 e. The molecule has 5 nitrogen and oxygen atoms in total. The number of methoxy groups -OCH3 is 1. The molecular formula is C14H29N3O2. The molecule has 0 aromatic carbocycles. The van der Waals surface area contributed by atoms with E-state index in [1.807, 2.05) is 0 Å². The topological polar surface area (TPSA) is 58.8 Å². The second kappa shape index (κ2) is 6.68. The van der Waals surface area contributed by atoms with Crippen LogP contribution < -0.4 is 5.73 Å². The largest absolute Gasteiger partial charge is 0.468 e. The fraction of sp³-hybridized carbons (Fsp3) is 0.929. The second-order valence-corrected chi connectivity index (χ2v) is 6.16. The highest BCUT2D eigenvalue weighted by molar-refractivity contribution is 5.79. The SMILES string of the molecule is COC(=O)C(C)(N)CC(C)N1CCCN(C)CC1C. The lowest BCUT2D eigenvalue weighted by atomic mass is 9.93. The average Bonchev–Trinajstić information content (AvgIpc) is 2.48. The fourth-order valence-electron chi connectivity index (χ4n) is 3.09. The summed E-state index contributed by atoms with van der Waals surface area (Å²) in [6.07, 6.45) is 1.78. The third-order valence-corrected chi connectivity index (χ3v) is 4.04. The van der Waals surface area contributed by atoms with Crippen molar-refractivity contribution in [3.8, 4) is 0 Å². The Morgan fingerprint density at radius 3 is 2.74 bits per heavy atom. The van der Waals surface area contributed by atoms with Crippen molar-refractivity contribution in [3.63, 3.8) is 0 Å². The van der Waals surface area contributed by atoms with Gasteiger partial charge in [-0.05, 0) is 53.8 Å². The number of hydrogen-bond donors (Lipinski definition) is 1. The summed E-state index contributed by atoms with van der Waals surface area (Å²) in [4.78, 5) is 16.5. The van der Waals surface area contributed by atoms with Crippen molar-refractivity contribution in [1.29, 1.82) is 0 Å². The van der Waals surface area contributed by atoms with E-state index in [9.17, 15) is 4.79 Å². The van der Waals surface area contributed by atoms with Gasteiger partial charge in [0.25, 0.3) is 0 Å². The Bertz CT molecular complexity index is 307. The molecule has 1 heterocycles. The van der Waals surface area contributed by atoms with E-state index in [1.165, 1.54) is 7.11 Å². The molecular weight excluding hydrogens is 242 g/mol. The molecule has 0 aromatic heterocycles. The number of carbonyl (C=O) groups excluding carboxylic acids is 1. The summed E-state index contributed by atoms with van der Waals surface area (Å²) in [6.45, 7) is 9.39. The Hall–Kier alpha value is -0.650. The molecule has 3 atom stereocenters. The van der Waals surface area contributed by atoms with Crippen LogP contribution in [0, 0.1) is 0 Å². The molecule has 0 radical (unpaired) electrons. The molecule has 19 heavy (non-hydrogen) atoms. The maximum atomic E-state index is 11.7. The predicted octanol–water partition coefficient (Wildman–Crippen LogP) is 0.681. The van der Waals surface area contributed by atoms with Crippen LogP contribution in [-0.4, -0.2) is 67.2 Å². The van der Waals surface area contributed by atoms with Gasteiger partial charge in [-0.2, -0.15) is 0 Å². The number of carbonyl (C=O) groups is 1. The first-order valence-electron chi connectivity index (χ1n) is 7.09. The molecule has 2 N–H and O–H groups in total. The zero-order chi connectivity index (χ0) is 14.6. The summed E-state index contributed by atoms with van der Waals surface area (Å²) in [5, 5.41) is 0. The van der Waals surface area contributed by atoms with Crippen LogP contribution in [0.4, 0.5) is 0 Å². The van der Waals surface area contributed by atoms with E-state index in [0.29, 0.717) is 12.5 Å². The van der Waals surface area contributed by atoms with Gasteiger partial charge in [-0.3, -0.25) is 9.69 Å². The van der Waals surface area contributed by atoms with Gasteiger partial charge < -0.3 is 15.4 Å². The first kappa shape index (κ1) is 16.4. The molecule has 1 aliphatic rings. The maximum absolute atomic E-state index is 11.7. The lowest BCUT2D eigenvalue weighted by molar-refractivity contribution is -0.147. The molecule has 112 valence electrons. The van der Waals surface area contributed by atoms with E-state index in [1.54, 1.807) is 6.92 Å². The average molecular weight is 271 g/mol. The van der Waals surface area contributed by atoms with Crippen molar-refractivity contribution in [2.45, 2.75) is 51.2 Å². The molecule has 1 rings (SSSR count). The molecule has 0 saturated carbocycles.